The van der Waals surface area contributed by atoms with Crippen LogP contribution in [-0.4, -0.2) is 36.0 Å². The zero-order valence-corrected chi connectivity index (χ0v) is 13.7. The van der Waals surface area contributed by atoms with Gasteiger partial charge in [-0.15, -0.1) is 0 Å². The Bertz CT molecular complexity index is 734. The summed E-state index contributed by atoms with van der Waals surface area (Å²) in [6, 6.07) is 14.6. The van der Waals surface area contributed by atoms with E-state index in [1.807, 2.05) is 30.3 Å². The van der Waals surface area contributed by atoms with E-state index in [0.29, 0.717) is 19.5 Å². The molecule has 0 aromatic heterocycles. The summed E-state index contributed by atoms with van der Waals surface area (Å²) in [7, 11) is 0. The van der Waals surface area contributed by atoms with E-state index in [-0.39, 0.29) is 18.3 Å². The number of hydrogen-bond donors (Lipinski definition) is 1. The van der Waals surface area contributed by atoms with Gasteiger partial charge < -0.3 is 10.1 Å². The Kier molecular flexibility index (Phi) is 5.28. The Morgan fingerprint density at radius 3 is 2.56 bits per heavy atom. The van der Waals surface area contributed by atoms with E-state index >= 15 is 0 Å². The highest BCUT2D eigenvalue weighted by molar-refractivity contribution is 5.87. The smallest absolute Gasteiger partial charge is 0.410 e. The zero-order chi connectivity index (χ0) is 17.6. The van der Waals surface area contributed by atoms with E-state index in [4.69, 9.17) is 4.74 Å². The van der Waals surface area contributed by atoms with Crippen LogP contribution in [0.15, 0.2) is 54.6 Å². The average Bonchev–Trinajstić information content (AvgIpc) is 2.64. The predicted molar refractivity (Wildman–Crippen MR) is 90.2 cm³/mol. The lowest BCUT2D eigenvalue weighted by Gasteiger charge is -2.34. The van der Waals surface area contributed by atoms with Crippen LogP contribution in [0.3, 0.4) is 0 Å². The van der Waals surface area contributed by atoms with Gasteiger partial charge in [0.15, 0.2) is 0 Å². The van der Waals surface area contributed by atoms with Gasteiger partial charge in [-0.05, 0) is 23.3 Å². The molecule has 2 aromatic carbocycles. The Hall–Kier alpha value is -2.89. The summed E-state index contributed by atoms with van der Waals surface area (Å²) < 4.78 is 18.4. The second kappa shape index (κ2) is 7.79. The maximum Gasteiger partial charge on any atom is 0.410 e. The highest BCUT2D eigenvalue weighted by Crippen LogP contribution is 2.15. The van der Waals surface area contributed by atoms with Crippen LogP contribution in [0.2, 0.25) is 0 Å². The van der Waals surface area contributed by atoms with Crippen molar-refractivity contribution >= 4 is 12.0 Å². The molecule has 1 aliphatic heterocycles. The summed E-state index contributed by atoms with van der Waals surface area (Å²) in [6.07, 6.45) is -0.210. The first-order chi connectivity index (χ1) is 12.1. The molecule has 5 nitrogen and oxygen atoms in total. The second-order valence-corrected chi connectivity index (χ2v) is 5.87. The normalized spacial score (nSPS) is 17.1. The molecular formula is C19H19FN2O3. The fourth-order valence-electron chi connectivity index (χ4n) is 2.78. The Morgan fingerprint density at radius 1 is 1.12 bits per heavy atom. The summed E-state index contributed by atoms with van der Waals surface area (Å²) >= 11 is 0. The third-order valence-corrected chi connectivity index (χ3v) is 4.11. The predicted octanol–water partition coefficient (Wildman–Crippen LogP) is 2.51. The third kappa shape index (κ3) is 4.35. The van der Waals surface area contributed by atoms with Crippen molar-refractivity contribution in [1.82, 2.24) is 10.2 Å². The van der Waals surface area contributed by atoms with Gasteiger partial charge in [0.25, 0.3) is 0 Å². The number of nitrogens with one attached hydrogen (secondary N) is 1. The summed E-state index contributed by atoms with van der Waals surface area (Å²) in [4.78, 5) is 26.1. The standard InChI is InChI=1S/C19H19FN2O3/c20-16-8-6-14(7-9-16)12-17-18(23)21-10-11-22(17)19(24)25-13-15-4-2-1-3-5-15/h1-9,17H,10-13H2,(H,21,23)/t17-/m1/s1. The number of amides is 2. The number of hydrogen-bond acceptors (Lipinski definition) is 3. The molecule has 0 bridgehead atoms. The van der Waals surface area contributed by atoms with E-state index in [1.54, 1.807) is 12.1 Å². The van der Waals surface area contributed by atoms with E-state index in [0.717, 1.165) is 11.1 Å². The van der Waals surface area contributed by atoms with Crippen LogP contribution >= 0.6 is 0 Å². The van der Waals surface area contributed by atoms with Crippen LogP contribution in [0.5, 0.6) is 0 Å². The molecular weight excluding hydrogens is 323 g/mol. The molecule has 6 heteroatoms. The molecule has 3 rings (SSSR count). The maximum atomic E-state index is 13.0. The van der Waals surface area contributed by atoms with Crippen molar-refractivity contribution in [2.45, 2.75) is 19.1 Å². The minimum Gasteiger partial charge on any atom is -0.445 e. The zero-order valence-electron chi connectivity index (χ0n) is 13.7. The lowest BCUT2D eigenvalue weighted by molar-refractivity contribution is -0.128. The van der Waals surface area contributed by atoms with Crippen molar-refractivity contribution in [2.24, 2.45) is 0 Å². The average molecular weight is 342 g/mol. The van der Waals surface area contributed by atoms with Gasteiger partial charge in [0, 0.05) is 19.5 Å². The molecule has 2 amide bonds. The second-order valence-electron chi connectivity index (χ2n) is 5.87. The molecule has 0 saturated carbocycles. The van der Waals surface area contributed by atoms with Gasteiger partial charge >= 0.3 is 6.09 Å². The minimum absolute atomic E-state index is 0.154. The Balaban J connectivity index is 1.67. The van der Waals surface area contributed by atoms with Gasteiger partial charge in [-0.25, -0.2) is 9.18 Å². The highest BCUT2D eigenvalue weighted by Gasteiger charge is 2.34. The van der Waals surface area contributed by atoms with Gasteiger partial charge in [0.05, 0.1) is 0 Å². The molecule has 0 radical (unpaired) electrons. The molecule has 0 aliphatic carbocycles. The highest BCUT2D eigenvalue weighted by atomic mass is 19.1. The Morgan fingerprint density at radius 2 is 1.84 bits per heavy atom. The first kappa shape index (κ1) is 17.0. The van der Waals surface area contributed by atoms with Crippen molar-refractivity contribution in [3.63, 3.8) is 0 Å². The molecule has 1 fully saturated rings. The maximum absolute atomic E-state index is 13.0. The number of benzene rings is 2. The monoisotopic (exact) mass is 342 g/mol. The molecule has 0 unspecified atom stereocenters. The fraction of sp³-hybridized carbons (Fsp3) is 0.263. The quantitative estimate of drug-likeness (QED) is 0.929. The topological polar surface area (TPSA) is 58.6 Å². The number of halogens is 1. The fourth-order valence-corrected chi connectivity index (χ4v) is 2.78. The molecule has 1 N–H and O–H groups in total. The van der Waals surface area contributed by atoms with E-state index < -0.39 is 12.1 Å². The SMILES string of the molecule is O=C1NCCN(C(=O)OCc2ccccc2)[C@@H]1Cc1ccc(F)cc1. The Labute approximate surface area is 145 Å². The molecule has 2 aromatic rings. The van der Waals surface area contributed by atoms with Gasteiger partial charge in [0.1, 0.15) is 18.5 Å². The molecule has 1 heterocycles. The third-order valence-electron chi connectivity index (χ3n) is 4.11. The van der Waals surface area contributed by atoms with Gasteiger partial charge in [-0.2, -0.15) is 0 Å². The van der Waals surface area contributed by atoms with Crippen molar-refractivity contribution in [1.29, 1.82) is 0 Å². The lowest BCUT2D eigenvalue weighted by atomic mass is 10.0. The number of nitrogens with zero attached hydrogens (tertiary/aromatic N) is 1. The molecule has 130 valence electrons. The van der Waals surface area contributed by atoms with Crippen LogP contribution in [0.4, 0.5) is 9.18 Å². The first-order valence-corrected chi connectivity index (χ1v) is 8.13. The number of ether oxygens (including phenoxy) is 1. The van der Waals surface area contributed by atoms with Crippen molar-refractivity contribution in [3.05, 3.63) is 71.5 Å². The number of carbonyl (C=O) groups is 2. The van der Waals surface area contributed by atoms with Crippen LogP contribution < -0.4 is 5.32 Å². The summed E-state index contributed by atoms with van der Waals surface area (Å²) in [5.74, 6) is -0.566. The number of rotatable bonds is 4. The molecule has 0 spiro atoms. The van der Waals surface area contributed by atoms with Crippen LogP contribution in [0, 0.1) is 5.82 Å². The van der Waals surface area contributed by atoms with Crippen molar-refractivity contribution < 1.29 is 18.7 Å². The van der Waals surface area contributed by atoms with E-state index in [9.17, 15) is 14.0 Å². The molecule has 1 aliphatic rings. The van der Waals surface area contributed by atoms with Crippen molar-refractivity contribution in [3.8, 4) is 0 Å². The summed E-state index contributed by atoms with van der Waals surface area (Å²) in [5.41, 5.74) is 1.66. The van der Waals surface area contributed by atoms with E-state index in [1.165, 1.54) is 17.0 Å². The molecule has 1 atom stereocenters. The van der Waals surface area contributed by atoms with Gasteiger partial charge in [-0.1, -0.05) is 42.5 Å². The molecule has 1 saturated heterocycles. The van der Waals surface area contributed by atoms with Crippen LogP contribution in [0.25, 0.3) is 0 Å². The number of carbonyl (C=O) groups excluding carboxylic acids is 2. The summed E-state index contributed by atoms with van der Waals surface area (Å²) in [5, 5.41) is 2.76. The minimum atomic E-state index is -0.664. The van der Waals surface area contributed by atoms with Crippen LogP contribution in [-0.2, 0) is 22.6 Å². The van der Waals surface area contributed by atoms with Crippen LogP contribution in [0.1, 0.15) is 11.1 Å². The lowest BCUT2D eigenvalue weighted by Crippen LogP contribution is -2.58. The van der Waals surface area contributed by atoms with Crippen molar-refractivity contribution in [2.75, 3.05) is 13.1 Å². The number of piperazine rings is 1. The summed E-state index contributed by atoms with van der Waals surface area (Å²) in [6.45, 7) is 0.922. The van der Waals surface area contributed by atoms with Gasteiger partial charge in [-0.3, -0.25) is 9.69 Å². The largest absolute Gasteiger partial charge is 0.445 e. The van der Waals surface area contributed by atoms with E-state index in [2.05, 4.69) is 5.32 Å². The first-order valence-electron chi connectivity index (χ1n) is 8.13. The van der Waals surface area contributed by atoms with Gasteiger partial charge in [0.2, 0.25) is 5.91 Å². The molecule has 25 heavy (non-hydrogen) atoms.